The van der Waals surface area contributed by atoms with Gasteiger partial charge in [-0.15, -0.1) is 0 Å². The number of unbranched alkanes of at least 4 members (excludes halogenated alkanes) is 1. The fraction of sp³-hybridized carbons (Fsp3) is 0.600. The predicted octanol–water partition coefficient (Wildman–Crippen LogP) is 2.27. The van der Waals surface area contributed by atoms with Crippen molar-refractivity contribution in [2.45, 2.75) is 37.4 Å². The van der Waals surface area contributed by atoms with Crippen molar-refractivity contribution in [3.05, 3.63) is 29.8 Å². The topological polar surface area (TPSA) is 55.8 Å². The molecule has 0 aliphatic heterocycles. The Labute approximate surface area is 127 Å². The number of hydrogen-bond donors (Lipinski definition) is 0. The summed E-state index contributed by atoms with van der Waals surface area (Å²) in [5, 5.41) is 0. The third-order valence-electron chi connectivity index (χ3n) is 3.38. The van der Waals surface area contributed by atoms with E-state index in [4.69, 9.17) is 9.47 Å². The van der Waals surface area contributed by atoms with Gasteiger partial charge in [0.1, 0.15) is 0 Å². The highest BCUT2D eigenvalue weighted by atomic mass is 32.2. The number of sulfonamides is 1. The Balaban J connectivity index is 2.81. The third kappa shape index (κ3) is 5.07. The first-order valence-electron chi connectivity index (χ1n) is 7.06. The molecule has 21 heavy (non-hydrogen) atoms. The number of likely N-dealkylation sites (N-methyl/N-ethyl adjacent to an activating group) is 1. The average Bonchev–Trinajstić information content (AvgIpc) is 2.50. The van der Waals surface area contributed by atoms with Gasteiger partial charge in [0.2, 0.25) is 10.0 Å². The van der Waals surface area contributed by atoms with Gasteiger partial charge in [-0.2, -0.15) is 4.31 Å². The average molecular weight is 315 g/mol. The second-order valence-corrected chi connectivity index (χ2v) is 6.98. The summed E-state index contributed by atoms with van der Waals surface area (Å²) < 4.78 is 36.2. The van der Waals surface area contributed by atoms with E-state index in [9.17, 15) is 8.42 Å². The fourth-order valence-corrected chi connectivity index (χ4v) is 3.10. The zero-order chi connectivity index (χ0) is 15.9. The van der Waals surface area contributed by atoms with Crippen LogP contribution < -0.4 is 0 Å². The molecule has 1 aromatic carbocycles. The molecule has 0 radical (unpaired) electrons. The molecule has 1 aromatic rings. The van der Waals surface area contributed by atoms with E-state index in [1.807, 2.05) is 12.1 Å². The van der Waals surface area contributed by atoms with E-state index < -0.39 is 16.3 Å². The van der Waals surface area contributed by atoms with Crippen LogP contribution in [0.3, 0.4) is 0 Å². The van der Waals surface area contributed by atoms with E-state index in [0.717, 1.165) is 24.8 Å². The van der Waals surface area contributed by atoms with Gasteiger partial charge in [0, 0.05) is 21.3 Å². The molecule has 120 valence electrons. The monoisotopic (exact) mass is 315 g/mol. The quantitative estimate of drug-likeness (QED) is 0.656. The van der Waals surface area contributed by atoms with Crippen molar-refractivity contribution in [2.75, 3.05) is 27.8 Å². The molecule has 0 aliphatic carbocycles. The number of methoxy groups -OCH3 is 2. The third-order valence-corrected chi connectivity index (χ3v) is 5.22. The highest BCUT2D eigenvalue weighted by molar-refractivity contribution is 7.89. The Hall–Kier alpha value is -0.950. The molecule has 0 bridgehead atoms. The lowest BCUT2D eigenvalue weighted by molar-refractivity contribution is -0.106. The smallest absolute Gasteiger partial charge is 0.242 e. The number of benzene rings is 1. The molecule has 0 unspecified atom stereocenters. The standard InChI is InChI=1S/C15H25NO4S/c1-5-6-7-13-8-10-14(11-9-13)21(17,18)16(2)12-15(19-3)20-4/h8-11,15H,5-7,12H2,1-4H3. The van der Waals surface area contributed by atoms with Gasteiger partial charge in [0.05, 0.1) is 11.4 Å². The van der Waals surface area contributed by atoms with Crippen LogP contribution in [-0.4, -0.2) is 46.8 Å². The first-order valence-corrected chi connectivity index (χ1v) is 8.50. The lowest BCUT2D eigenvalue weighted by Crippen LogP contribution is -2.36. The molecular weight excluding hydrogens is 290 g/mol. The normalized spacial score (nSPS) is 12.3. The molecule has 0 fully saturated rings. The number of rotatable bonds is 9. The van der Waals surface area contributed by atoms with Crippen molar-refractivity contribution < 1.29 is 17.9 Å². The van der Waals surface area contributed by atoms with Gasteiger partial charge in [-0.3, -0.25) is 0 Å². The molecule has 1 rings (SSSR count). The van der Waals surface area contributed by atoms with Crippen LogP contribution in [-0.2, 0) is 25.9 Å². The minimum Gasteiger partial charge on any atom is -0.355 e. The molecule has 0 saturated carbocycles. The number of ether oxygens (including phenoxy) is 2. The van der Waals surface area contributed by atoms with Crippen molar-refractivity contribution >= 4 is 10.0 Å². The molecule has 0 saturated heterocycles. The van der Waals surface area contributed by atoms with Crippen molar-refractivity contribution in [1.82, 2.24) is 4.31 Å². The second kappa shape index (κ2) is 8.48. The molecule has 0 N–H and O–H groups in total. The van der Waals surface area contributed by atoms with E-state index in [0.29, 0.717) is 0 Å². The molecule has 0 aliphatic rings. The molecule has 0 aromatic heterocycles. The van der Waals surface area contributed by atoms with Gasteiger partial charge >= 0.3 is 0 Å². The van der Waals surface area contributed by atoms with Crippen LogP contribution in [0.1, 0.15) is 25.3 Å². The number of nitrogens with zero attached hydrogens (tertiary/aromatic N) is 1. The minimum atomic E-state index is -3.52. The van der Waals surface area contributed by atoms with E-state index in [-0.39, 0.29) is 11.4 Å². The zero-order valence-electron chi connectivity index (χ0n) is 13.2. The summed E-state index contributed by atoms with van der Waals surface area (Å²) in [6.07, 6.45) is 2.63. The Morgan fingerprint density at radius 3 is 2.19 bits per heavy atom. The van der Waals surface area contributed by atoms with Crippen LogP contribution in [0.25, 0.3) is 0 Å². The van der Waals surface area contributed by atoms with E-state index >= 15 is 0 Å². The first-order chi connectivity index (χ1) is 9.95. The Morgan fingerprint density at radius 2 is 1.71 bits per heavy atom. The van der Waals surface area contributed by atoms with Crippen LogP contribution in [0.15, 0.2) is 29.2 Å². The summed E-state index contributed by atoms with van der Waals surface area (Å²) in [7, 11) is 0.968. The van der Waals surface area contributed by atoms with Crippen molar-refractivity contribution in [2.24, 2.45) is 0 Å². The van der Waals surface area contributed by atoms with Gasteiger partial charge in [-0.1, -0.05) is 25.5 Å². The summed E-state index contributed by atoms with van der Waals surface area (Å²) in [4.78, 5) is 0.288. The summed E-state index contributed by atoms with van der Waals surface area (Å²) in [5.41, 5.74) is 1.16. The van der Waals surface area contributed by atoms with Crippen LogP contribution in [0, 0.1) is 0 Å². The summed E-state index contributed by atoms with van der Waals surface area (Å²) in [5.74, 6) is 0. The molecule has 6 heteroatoms. The van der Waals surface area contributed by atoms with Gasteiger partial charge in [0.15, 0.2) is 6.29 Å². The summed E-state index contributed by atoms with van der Waals surface area (Å²) >= 11 is 0. The van der Waals surface area contributed by atoms with Crippen LogP contribution >= 0.6 is 0 Å². The van der Waals surface area contributed by atoms with Crippen molar-refractivity contribution in [1.29, 1.82) is 0 Å². The fourth-order valence-electron chi connectivity index (χ4n) is 1.94. The maximum absolute atomic E-state index is 12.4. The molecule has 0 heterocycles. The lowest BCUT2D eigenvalue weighted by Gasteiger charge is -2.22. The van der Waals surface area contributed by atoms with Crippen LogP contribution in [0.2, 0.25) is 0 Å². The Kier molecular flexibility index (Phi) is 7.31. The largest absolute Gasteiger partial charge is 0.355 e. The van der Waals surface area contributed by atoms with Crippen molar-refractivity contribution in [3.8, 4) is 0 Å². The number of hydrogen-bond acceptors (Lipinski definition) is 4. The highest BCUT2D eigenvalue weighted by Gasteiger charge is 2.23. The van der Waals surface area contributed by atoms with E-state index in [2.05, 4.69) is 6.92 Å². The van der Waals surface area contributed by atoms with Gasteiger partial charge in [-0.05, 0) is 30.5 Å². The zero-order valence-corrected chi connectivity index (χ0v) is 14.0. The maximum Gasteiger partial charge on any atom is 0.242 e. The lowest BCUT2D eigenvalue weighted by atomic mass is 10.1. The van der Waals surface area contributed by atoms with E-state index in [1.54, 1.807) is 12.1 Å². The molecule has 0 spiro atoms. The molecule has 0 amide bonds. The maximum atomic E-state index is 12.4. The van der Waals surface area contributed by atoms with E-state index in [1.165, 1.54) is 25.6 Å². The molecule has 5 nitrogen and oxygen atoms in total. The summed E-state index contributed by atoms with van der Waals surface area (Å²) in [6.45, 7) is 2.28. The minimum absolute atomic E-state index is 0.146. The molecule has 0 atom stereocenters. The summed E-state index contributed by atoms with van der Waals surface area (Å²) in [6, 6.07) is 7.07. The van der Waals surface area contributed by atoms with Gasteiger partial charge in [-0.25, -0.2) is 8.42 Å². The van der Waals surface area contributed by atoms with Crippen LogP contribution in [0.4, 0.5) is 0 Å². The van der Waals surface area contributed by atoms with Gasteiger partial charge < -0.3 is 9.47 Å². The van der Waals surface area contributed by atoms with Gasteiger partial charge in [0.25, 0.3) is 0 Å². The first kappa shape index (κ1) is 18.1. The number of aryl methyl sites for hydroxylation is 1. The molecular formula is C15H25NO4S. The van der Waals surface area contributed by atoms with Crippen LogP contribution in [0.5, 0.6) is 0 Å². The predicted molar refractivity (Wildman–Crippen MR) is 82.7 cm³/mol. The Morgan fingerprint density at radius 1 is 1.14 bits per heavy atom. The highest BCUT2D eigenvalue weighted by Crippen LogP contribution is 2.17. The second-order valence-electron chi connectivity index (χ2n) is 4.93. The Bertz CT molecular complexity index is 509. The SMILES string of the molecule is CCCCc1ccc(S(=O)(=O)N(C)CC(OC)OC)cc1. The van der Waals surface area contributed by atoms with Crippen molar-refractivity contribution in [3.63, 3.8) is 0 Å².